The Kier molecular flexibility index (Phi) is 6.19. The van der Waals surface area contributed by atoms with E-state index in [9.17, 15) is 0 Å². The van der Waals surface area contributed by atoms with Gasteiger partial charge in [-0.2, -0.15) is 0 Å². The second kappa shape index (κ2) is 8.14. The van der Waals surface area contributed by atoms with Gasteiger partial charge in [0.05, 0.1) is 0 Å². The molecule has 1 aliphatic carbocycles. The predicted molar refractivity (Wildman–Crippen MR) is 107 cm³/mol. The van der Waals surface area contributed by atoms with Crippen LogP contribution in [0.2, 0.25) is 0 Å². The van der Waals surface area contributed by atoms with Gasteiger partial charge in [0, 0.05) is 31.4 Å². The van der Waals surface area contributed by atoms with Gasteiger partial charge in [-0.3, -0.25) is 0 Å². The van der Waals surface area contributed by atoms with E-state index in [-0.39, 0.29) is 0 Å². The molecule has 0 aliphatic heterocycles. The molecule has 0 bridgehead atoms. The largest absolute Gasteiger partial charge is 0.375 e. The molecular formula is C22H31N2+. The van der Waals surface area contributed by atoms with E-state index in [2.05, 4.69) is 93.6 Å². The van der Waals surface area contributed by atoms with Gasteiger partial charge in [-0.15, -0.1) is 0 Å². The minimum atomic E-state index is 1.02. The Balaban J connectivity index is 2.34. The van der Waals surface area contributed by atoms with Crippen LogP contribution in [0.4, 0.5) is 5.69 Å². The van der Waals surface area contributed by atoms with E-state index in [1.54, 1.807) is 0 Å². The third-order valence-corrected chi connectivity index (χ3v) is 4.96. The van der Waals surface area contributed by atoms with Crippen molar-refractivity contribution in [2.24, 2.45) is 0 Å². The normalized spacial score (nSPS) is 13.4. The van der Waals surface area contributed by atoms with Crippen LogP contribution in [-0.2, 0) is 0 Å². The molecular weight excluding hydrogens is 292 g/mol. The maximum absolute atomic E-state index is 2.37. The molecule has 128 valence electrons. The van der Waals surface area contributed by atoms with Crippen LogP contribution >= 0.6 is 0 Å². The molecule has 0 aromatic heterocycles. The van der Waals surface area contributed by atoms with Crippen LogP contribution in [0.3, 0.4) is 0 Å². The number of hydrogen-bond acceptors (Lipinski definition) is 1. The predicted octanol–water partition coefficient (Wildman–Crippen LogP) is 4.84. The Labute approximate surface area is 147 Å². The summed E-state index contributed by atoms with van der Waals surface area (Å²) in [6.45, 7) is 14.1. The number of aryl methyl sites for hydroxylation is 1. The smallest absolute Gasteiger partial charge is 0.199 e. The van der Waals surface area contributed by atoms with Crippen molar-refractivity contribution in [3.05, 3.63) is 59.2 Å². The summed E-state index contributed by atoms with van der Waals surface area (Å²) in [7, 11) is 2.14. The van der Waals surface area contributed by atoms with Crippen LogP contribution in [0, 0.1) is 6.92 Å². The lowest BCUT2D eigenvalue weighted by Gasteiger charge is -2.19. The van der Waals surface area contributed by atoms with Gasteiger partial charge in [-0.05, 0) is 81.2 Å². The highest BCUT2D eigenvalue weighted by Gasteiger charge is 2.12. The molecule has 0 atom stereocenters. The highest BCUT2D eigenvalue weighted by atomic mass is 15.1. The molecule has 2 nitrogen and oxygen atoms in total. The van der Waals surface area contributed by atoms with Gasteiger partial charge in [0.25, 0.3) is 0 Å². The zero-order valence-electron chi connectivity index (χ0n) is 16.1. The van der Waals surface area contributed by atoms with E-state index in [0.29, 0.717) is 0 Å². The summed E-state index contributed by atoms with van der Waals surface area (Å²) >= 11 is 0. The molecule has 0 saturated carbocycles. The molecule has 0 heterocycles. The molecule has 0 amide bonds. The lowest BCUT2D eigenvalue weighted by molar-refractivity contribution is -0.519. The first-order valence-corrected chi connectivity index (χ1v) is 9.02. The van der Waals surface area contributed by atoms with Crippen molar-refractivity contribution in [2.75, 3.05) is 31.6 Å². The lowest BCUT2D eigenvalue weighted by atomic mass is 9.94. The highest BCUT2D eigenvalue weighted by molar-refractivity contribution is 6.03. The Morgan fingerprint density at radius 1 is 1.00 bits per heavy atom. The van der Waals surface area contributed by atoms with Gasteiger partial charge in [-0.1, -0.05) is 6.07 Å². The highest BCUT2D eigenvalue weighted by Crippen LogP contribution is 2.27. The summed E-state index contributed by atoms with van der Waals surface area (Å²) < 4.78 is 2.37. The van der Waals surface area contributed by atoms with Gasteiger partial charge in [0.2, 0.25) is 0 Å². The van der Waals surface area contributed by atoms with Gasteiger partial charge < -0.3 is 4.90 Å². The fourth-order valence-electron chi connectivity index (χ4n) is 3.16. The quantitative estimate of drug-likeness (QED) is 0.703. The van der Waals surface area contributed by atoms with Crippen molar-refractivity contribution in [3.63, 3.8) is 0 Å². The van der Waals surface area contributed by atoms with E-state index in [1.807, 2.05) is 0 Å². The molecule has 0 N–H and O–H groups in total. The number of anilines is 1. The zero-order valence-corrected chi connectivity index (χ0v) is 16.1. The van der Waals surface area contributed by atoms with Crippen LogP contribution in [0.25, 0.3) is 5.57 Å². The van der Waals surface area contributed by atoms with E-state index in [4.69, 9.17) is 0 Å². The van der Waals surface area contributed by atoms with Crippen molar-refractivity contribution >= 4 is 17.0 Å². The summed E-state index contributed by atoms with van der Waals surface area (Å²) in [5, 5.41) is 0. The van der Waals surface area contributed by atoms with E-state index in [1.165, 1.54) is 33.7 Å². The Hall–Kier alpha value is -2.09. The fraction of sp³-hybridized carbons (Fsp3) is 0.409. The van der Waals surface area contributed by atoms with Crippen LogP contribution in [0.5, 0.6) is 0 Å². The van der Waals surface area contributed by atoms with Gasteiger partial charge in [0.1, 0.15) is 13.1 Å². The maximum atomic E-state index is 2.37. The molecule has 2 rings (SSSR count). The van der Waals surface area contributed by atoms with Crippen molar-refractivity contribution in [1.82, 2.24) is 0 Å². The second-order valence-electron chi connectivity index (χ2n) is 6.36. The van der Waals surface area contributed by atoms with Gasteiger partial charge in [-0.25, -0.2) is 4.58 Å². The monoisotopic (exact) mass is 323 g/mol. The van der Waals surface area contributed by atoms with Crippen molar-refractivity contribution in [2.45, 2.75) is 34.6 Å². The number of hydrogen-bond donors (Lipinski definition) is 0. The Morgan fingerprint density at radius 3 is 2.12 bits per heavy atom. The number of nitrogens with zero attached hydrogens (tertiary/aromatic N) is 2. The molecule has 1 aromatic carbocycles. The van der Waals surface area contributed by atoms with Crippen molar-refractivity contribution < 1.29 is 4.58 Å². The minimum absolute atomic E-state index is 1.02. The Bertz CT molecular complexity index is 693. The molecule has 0 fully saturated rings. The minimum Gasteiger partial charge on any atom is -0.375 e. The van der Waals surface area contributed by atoms with Crippen LogP contribution in [0.1, 0.15) is 38.8 Å². The average molecular weight is 324 g/mol. The lowest BCUT2D eigenvalue weighted by Crippen LogP contribution is -2.19. The molecule has 1 aliphatic rings. The number of allylic oxidation sites excluding steroid dienone is 6. The fourth-order valence-corrected chi connectivity index (χ4v) is 3.16. The van der Waals surface area contributed by atoms with E-state index < -0.39 is 0 Å². The summed E-state index contributed by atoms with van der Waals surface area (Å²) in [5.74, 6) is 0. The van der Waals surface area contributed by atoms with Crippen LogP contribution in [-0.4, -0.2) is 37.0 Å². The first-order valence-electron chi connectivity index (χ1n) is 9.02. The first kappa shape index (κ1) is 18.3. The van der Waals surface area contributed by atoms with Crippen molar-refractivity contribution in [1.29, 1.82) is 0 Å². The third-order valence-electron chi connectivity index (χ3n) is 4.96. The van der Waals surface area contributed by atoms with Crippen LogP contribution in [0.15, 0.2) is 48.1 Å². The molecule has 0 spiro atoms. The second-order valence-corrected chi connectivity index (χ2v) is 6.36. The zero-order chi connectivity index (χ0) is 17.7. The SMILES string of the molecule is CCN(C)c1ccc(C(C)=C2C=CC(=[N+](CC)CC)C=C2)c(C)c1. The van der Waals surface area contributed by atoms with E-state index in [0.717, 1.165) is 19.6 Å². The number of benzene rings is 1. The average Bonchev–Trinajstić information content (AvgIpc) is 2.62. The van der Waals surface area contributed by atoms with Gasteiger partial charge >= 0.3 is 0 Å². The maximum Gasteiger partial charge on any atom is 0.199 e. The Morgan fingerprint density at radius 2 is 1.62 bits per heavy atom. The standard InChI is InChI=1S/C22H31N2/c1-7-23(6)21-14-15-22(17(4)16-21)18(5)19-10-12-20(13-11-19)24(8-2)9-3/h10-16H,7-9H2,1-6H3/q+1. The van der Waals surface area contributed by atoms with Crippen LogP contribution < -0.4 is 4.90 Å². The first-order chi connectivity index (χ1) is 11.5. The summed E-state index contributed by atoms with van der Waals surface area (Å²) in [6.07, 6.45) is 8.96. The molecule has 2 heteroatoms. The number of rotatable bonds is 5. The van der Waals surface area contributed by atoms with E-state index >= 15 is 0 Å². The molecule has 1 aromatic rings. The van der Waals surface area contributed by atoms with Gasteiger partial charge in [0.15, 0.2) is 5.71 Å². The molecule has 0 saturated heterocycles. The summed E-state index contributed by atoms with van der Waals surface area (Å²) in [6, 6.07) is 6.76. The molecule has 0 radical (unpaired) electrons. The molecule has 24 heavy (non-hydrogen) atoms. The third kappa shape index (κ3) is 3.87. The topological polar surface area (TPSA) is 6.25 Å². The molecule has 0 unspecified atom stereocenters. The summed E-state index contributed by atoms with van der Waals surface area (Å²) in [4.78, 5) is 2.27. The van der Waals surface area contributed by atoms with Crippen molar-refractivity contribution in [3.8, 4) is 0 Å². The summed E-state index contributed by atoms with van der Waals surface area (Å²) in [5.41, 5.74) is 7.88.